The molecule has 1 heterocycles. The Labute approximate surface area is 190 Å². The molecule has 5 nitrogen and oxygen atoms in total. The summed E-state index contributed by atoms with van der Waals surface area (Å²) in [7, 11) is 0. The van der Waals surface area contributed by atoms with Crippen LogP contribution in [0.1, 0.15) is 29.3 Å². The van der Waals surface area contributed by atoms with Crippen molar-refractivity contribution >= 4 is 5.91 Å². The van der Waals surface area contributed by atoms with Crippen molar-refractivity contribution in [1.29, 1.82) is 0 Å². The van der Waals surface area contributed by atoms with Crippen LogP contribution in [-0.2, 0) is 11.3 Å². The third-order valence-corrected chi connectivity index (χ3v) is 5.70. The summed E-state index contributed by atoms with van der Waals surface area (Å²) in [5, 5.41) is 3.47. The van der Waals surface area contributed by atoms with Crippen LogP contribution in [0.3, 0.4) is 0 Å². The van der Waals surface area contributed by atoms with E-state index in [1.165, 1.54) is 5.57 Å². The number of amides is 1. The summed E-state index contributed by atoms with van der Waals surface area (Å²) < 4.78 is 11.8. The maximum atomic E-state index is 11.2. The fraction of sp³-hybridized carbons (Fsp3) is 0.296. The van der Waals surface area contributed by atoms with Gasteiger partial charge in [-0.25, -0.2) is 0 Å². The number of carbonyl (C=O) groups excluding carboxylic acids is 1. The highest BCUT2D eigenvalue weighted by Crippen LogP contribution is 2.29. The number of hydrogen-bond acceptors (Lipinski definition) is 4. The van der Waals surface area contributed by atoms with E-state index in [0.717, 1.165) is 30.8 Å². The van der Waals surface area contributed by atoms with Crippen molar-refractivity contribution in [3.8, 4) is 5.75 Å². The standard InChI is InChI=1S/C27H32N2O3/c1-3-22(10-9-20(2)31-18-21-7-5-4-6-8-21)26-15-16-29-17-24(26)19-32-25-13-11-23(12-14-25)27(28)30/h3-14,24,26,29H,2,15-19H2,1H3,(H2,28,30)/b10-9-,22-3+/t24-,26-/m0/s1. The Kier molecular flexibility index (Phi) is 8.70. The van der Waals surface area contributed by atoms with Gasteiger partial charge in [-0.3, -0.25) is 4.79 Å². The van der Waals surface area contributed by atoms with Crippen molar-refractivity contribution in [2.24, 2.45) is 17.6 Å². The number of nitrogens with two attached hydrogens (primary N) is 1. The summed E-state index contributed by atoms with van der Waals surface area (Å²) in [4.78, 5) is 11.2. The zero-order valence-corrected chi connectivity index (χ0v) is 18.6. The molecule has 0 aliphatic carbocycles. The van der Waals surface area contributed by atoms with Crippen LogP contribution >= 0.6 is 0 Å². The molecule has 32 heavy (non-hydrogen) atoms. The van der Waals surface area contributed by atoms with Crippen molar-refractivity contribution < 1.29 is 14.3 Å². The van der Waals surface area contributed by atoms with E-state index >= 15 is 0 Å². The van der Waals surface area contributed by atoms with E-state index in [-0.39, 0.29) is 0 Å². The van der Waals surface area contributed by atoms with Crippen LogP contribution in [0.15, 0.2) is 90.7 Å². The maximum absolute atomic E-state index is 11.2. The van der Waals surface area contributed by atoms with E-state index in [4.69, 9.17) is 15.2 Å². The van der Waals surface area contributed by atoms with Gasteiger partial charge in [0.15, 0.2) is 0 Å². The number of nitrogens with one attached hydrogen (secondary N) is 1. The Morgan fingerprint density at radius 2 is 1.91 bits per heavy atom. The molecule has 0 aromatic heterocycles. The molecule has 3 N–H and O–H groups in total. The minimum absolute atomic E-state index is 0.328. The summed E-state index contributed by atoms with van der Waals surface area (Å²) in [6.07, 6.45) is 7.25. The monoisotopic (exact) mass is 432 g/mol. The molecule has 0 saturated carbocycles. The van der Waals surface area contributed by atoms with Crippen LogP contribution in [-0.4, -0.2) is 25.6 Å². The lowest BCUT2D eigenvalue weighted by molar-refractivity contribution is 0.1000. The largest absolute Gasteiger partial charge is 0.493 e. The van der Waals surface area contributed by atoms with Gasteiger partial charge in [-0.15, -0.1) is 0 Å². The van der Waals surface area contributed by atoms with Gasteiger partial charge in [0.2, 0.25) is 5.91 Å². The number of ether oxygens (including phenoxy) is 2. The minimum atomic E-state index is -0.438. The Morgan fingerprint density at radius 1 is 1.16 bits per heavy atom. The van der Waals surface area contributed by atoms with Gasteiger partial charge < -0.3 is 20.5 Å². The van der Waals surface area contributed by atoms with Crippen molar-refractivity contribution in [2.75, 3.05) is 19.7 Å². The Morgan fingerprint density at radius 3 is 2.59 bits per heavy atom. The average Bonchev–Trinajstić information content (AvgIpc) is 2.83. The fourth-order valence-electron chi connectivity index (χ4n) is 3.88. The topological polar surface area (TPSA) is 73.6 Å². The second-order valence-electron chi connectivity index (χ2n) is 7.92. The van der Waals surface area contributed by atoms with Gasteiger partial charge in [-0.2, -0.15) is 0 Å². The maximum Gasteiger partial charge on any atom is 0.248 e. The van der Waals surface area contributed by atoms with E-state index < -0.39 is 5.91 Å². The SMILES string of the molecule is C=C(/C=C\C(=C/C)[C@@H]1CCNC[C@H]1COc1ccc(C(N)=O)cc1)OCc1ccccc1. The molecule has 168 valence electrons. The summed E-state index contributed by atoms with van der Waals surface area (Å²) >= 11 is 0. The van der Waals surface area contributed by atoms with Crippen molar-refractivity contribution in [3.63, 3.8) is 0 Å². The molecule has 0 radical (unpaired) electrons. The second-order valence-corrected chi connectivity index (χ2v) is 7.92. The molecule has 1 fully saturated rings. The second kappa shape index (κ2) is 11.9. The van der Waals surface area contributed by atoms with Crippen LogP contribution < -0.4 is 15.8 Å². The number of primary amides is 1. The van der Waals surface area contributed by atoms with Gasteiger partial charge in [0.25, 0.3) is 0 Å². The van der Waals surface area contributed by atoms with E-state index in [2.05, 4.69) is 31.0 Å². The minimum Gasteiger partial charge on any atom is -0.493 e. The molecule has 0 unspecified atom stereocenters. The third-order valence-electron chi connectivity index (χ3n) is 5.70. The number of allylic oxidation sites excluding steroid dienone is 4. The van der Waals surface area contributed by atoms with Crippen LogP contribution in [0.2, 0.25) is 0 Å². The van der Waals surface area contributed by atoms with Gasteiger partial charge in [0.05, 0.1) is 6.61 Å². The van der Waals surface area contributed by atoms with Crippen molar-refractivity contribution in [3.05, 3.63) is 102 Å². The van der Waals surface area contributed by atoms with E-state index in [9.17, 15) is 4.79 Å². The summed E-state index contributed by atoms with van der Waals surface area (Å²) in [6.45, 7) is 9.06. The summed E-state index contributed by atoms with van der Waals surface area (Å²) in [6, 6.07) is 17.0. The van der Waals surface area contributed by atoms with Gasteiger partial charge in [-0.1, -0.05) is 49.1 Å². The summed E-state index contributed by atoms with van der Waals surface area (Å²) in [5.74, 6) is 1.65. The zero-order valence-electron chi connectivity index (χ0n) is 18.6. The molecular weight excluding hydrogens is 400 g/mol. The first-order valence-electron chi connectivity index (χ1n) is 11.0. The molecule has 1 aliphatic rings. The average molecular weight is 433 g/mol. The highest BCUT2D eigenvalue weighted by molar-refractivity contribution is 5.92. The highest BCUT2D eigenvalue weighted by atomic mass is 16.5. The van der Waals surface area contributed by atoms with Gasteiger partial charge in [0, 0.05) is 18.0 Å². The van der Waals surface area contributed by atoms with Crippen LogP contribution in [0.25, 0.3) is 0 Å². The quantitative estimate of drug-likeness (QED) is 0.424. The first-order chi connectivity index (χ1) is 15.6. The number of carbonyl (C=O) groups is 1. The lowest BCUT2D eigenvalue weighted by atomic mass is 9.81. The molecule has 3 rings (SSSR count). The van der Waals surface area contributed by atoms with Crippen LogP contribution in [0, 0.1) is 11.8 Å². The predicted molar refractivity (Wildman–Crippen MR) is 128 cm³/mol. The molecule has 1 aliphatic heterocycles. The predicted octanol–water partition coefficient (Wildman–Crippen LogP) is 4.62. The molecule has 2 aromatic carbocycles. The molecular formula is C27H32N2O3. The Bertz CT molecular complexity index is 949. The number of benzene rings is 2. The molecule has 1 amide bonds. The van der Waals surface area contributed by atoms with Gasteiger partial charge in [-0.05, 0) is 67.3 Å². The van der Waals surface area contributed by atoms with Crippen LogP contribution in [0.4, 0.5) is 0 Å². The number of piperidine rings is 1. The number of rotatable bonds is 10. The van der Waals surface area contributed by atoms with Crippen LogP contribution in [0.5, 0.6) is 5.75 Å². The number of hydrogen-bond donors (Lipinski definition) is 2. The van der Waals surface area contributed by atoms with Gasteiger partial charge in [0.1, 0.15) is 18.1 Å². The molecule has 5 heteroatoms. The summed E-state index contributed by atoms with van der Waals surface area (Å²) in [5.41, 5.74) is 8.16. The fourth-order valence-corrected chi connectivity index (χ4v) is 3.88. The first kappa shape index (κ1) is 23.4. The Balaban J connectivity index is 1.56. The molecule has 2 aromatic rings. The van der Waals surface area contributed by atoms with Crippen molar-refractivity contribution in [2.45, 2.75) is 20.0 Å². The third kappa shape index (κ3) is 6.86. The smallest absolute Gasteiger partial charge is 0.248 e. The molecule has 2 atom stereocenters. The van der Waals surface area contributed by atoms with E-state index in [0.29, 0.717) is 36.4 Å². The molecule has 0 spiro atoms. The molecule has 0 bridgehead atoms. The lowest BCUT2D eigenvalue weighted by Crippen LogP contribution is -2.40. The van der Waals surface area contributed by atoms with E-state index in [1.807, 2.05) is 36.4 Å². The first-order valence-corrected chi connectivity index (χ1v) is 11.0. The molecule has 1 saturated heterocycles. The lowest BCUT2D eigenvalue weighted by Gasteiger charge is -2.33. The highest BCUT2D eigenvalue weighted by Gasteiger charge is 2.27. The van der Waals surface area contributed by atoms with Gasteiger partial charge >= 0.3 is 0 Å². The zero-order chi connectivity index (χ0) is 22.8. The van der Waals surface area contributed by atoms with Crippen molar-refractivity contribution in [1.82, 2.24) is 5.32 Å². The van der Waals surface area contributed by atoms with E-state index in [1.54, 1.807) is 24.3 Å². The Hall–Kier alpha value is -3.31. The normalized spacial score (nSPS) is 19.0.